The fraction of sp³-hybridized carbons (Fsp3) is 0.152. The first-order valence-corrected chi connectivity index (χ1v) is 13.4. The van der Waals surface area contributed by atoms with Crippen LogP contribution in [0.4, 0.5) is 5.69 Å². The van der Waals surface area contributed by atoms with Crippen molar-refractivity contribution in [1.82, 2.24) is 0 Å². The van der Waals surface area contributed by atoms with E-state index in [-0.39, 0.29) is 17.2 Å². The summed E-state index contributed by atoms with van der Waals surface area (Å²) in [6.45, 7) is 5.16. The van der Waals surface area contributed by atoms with E-state index in [1.807, 2.05) is 36.9 Å². The van der Waals surface area contributed by atoms with Crippen molar-refractivity contribution in [1.29, 1.82) is 0 Å². The molecule has 0 aliphatic carbocycles. The number of nitrogens with zero attached hydrogens (tertiary/aromatic N) is 1. The van der Waals surface area contributed by atoms with E-state index in [4.69, 9.17) is 13.9 Å². The fourth-order valence-corrected chi connectivity index (χ4v) is 6.15. The van der Waals surface area contributed by atoms with Gasteiger partial charge < -0.3 is 29.0 Å². The molecule has 5 aromatic rings. The average Bonchev–Trinajstić information content (AvgIpc) is 3.25. The second kappa shape index (κ2) is 8.89. The molecular weight excluding hydrogens is 522 g/mol. The minimum atomic E-state index is -1.44. The van der Waals surface area contributed by atoms with Crippen molar-refractivity contribution in [2.45, 2.75) is 19.4 Å². The molecule has 0 fully saturated rings. The van der Waals surface area contributed by atoms with E-state index in [0.717, 1.165) is 0 Å². The first-order valence-electron chi connectivity index (χ1n) is 13.4. The zero-order valence-corrected chi connectivity index (χ0v) is 22.3. The predicted molar refractivity (Wildman–Crippen MR) is 153 cm³/mol. The monoisotopic (exact) mass is 547 g/mol. The number of phenolic OH excluding ortho intramolecular Hbond substituents is 2. The molecule has 2 N–H and O–H groups in total. The van der Waals surface area contributed by atoms with Gasteiger partial charge in [-0.15, -0.1) is 0 Å². The number of esters is 1. The topological polar surface area (TPSA) is 109 Å². The van der Waals surface area contributed by atoms with Crippen LogP contribution in [0.1, 0.15) is 40.9 Å². The smallest absolute Gasteiger partial charge is 0.360 e. The van der Waals surface area contributed by atoms with Crippen LogP contribution in [0.25, 0.3) is 22.1 Å². The van der Waals surface area contributed by atoms with Gasteiger partial charge in [0.15, 0.2) is 5.60 Å². The minimum Gasteiger partial charge on any atom is -0.508 e. The molecule has 1 unspecified atom stereocenters. The average molecular weight is 548 g/mol. The Morgan fingerprint density at radius 2 is 1.51 bits per heavy atom. The lowest BCUT2D eigenvalue weighted by atomic mass is 9.74. The van der Waals surface area contributed by atoms with Gasteiger partial charge in [-0.1, -0.05) is 30.3 Å². The van der Waals surface area contributed by atoms with Gasteiger partial charge in [0.25, 0.3) is 0 Å². The zero-order valence-electron chi connectivity index (χ0n) is 22.3. The number of carbonyl (C=O) groups is 1. The van der Waals surface area contributed by atoms with Crippen molar-refractivity contribution < 1.29 is 28.9 Å². The summed E-state index contributed by atoms with van der Waals surface area (Å²) in [5, 5.41) is 21.8. The van der Waals surface area contributed by atoms with E-state index in [2.05, 4.69) is 0 Å². The van der Waals surface area contributed by atoms with Crippen molar-refractivity contribution in [3.05, 3.63) is 112 Å². The molecule has 8 heteroatoms. The Morgan fingerprint density at radius 1 is 0.756 bits per heavy atom. The molecule has 2 aliphatic heterocycles. The summed E-state index contributed by atoms with van der Waals surface area (Å²) in [6, 6.07) is 22.0. The highest BCUT2D eigenvalue weighted by Gasteiger charge is 2.55. The van der Waals surface area contributed by atoms with Crippen molar-refractivity contribution in [2.75, 3.05) is 18.0 Å². The lowest BCUT2D eigenvalue weighted by Crippen LogP contribution is -2.33. The maximum Gasteiger partial charge on any atom is 0.360 e. The third-order valence-corrected chi connectivity index (χ3v) is 7.93. The van der Waals surface area contributed by atoms with Crippen LogP contribution < -0.4 is 15.3 Å². The first-order chi connectivity index (χ1) is 19.8. The molecule has 0 bridgehead atoms. The van der Waals surface area contributed by atoms with Gasteiger partial charge in [0.1, 0.15) is 34.3 Å². The van der Waals surface area contributed by atoms with Gasteiger partial charge >= 0.3 is 11.6 Å². The van der Waals surface area contributed by atoms with E-state index in [1.54, 1.807) is 42.5 Å². The number of hydrogen-bond acceptors (Lipinski definition) is 8. The van der Waals surface area contributed by atoms with Crippen LogP contribution in [0, 0.1) is 0 Å². The second-order valence-electron chi connectivity index (χ2n) is 10.1. The molecule has 0 amide bonds. The van der Waals surface area contributed by atoms with Gasteiger partial charge in [0, 0.05) is 41.7 Å². The number of rotatable bonds is 4. The van der Waals surface area contributed by atoms with Crippen LogP contribution in [0.3, 0.4) is 0 Å². The number of hydrogen-bond donors (Lipinski definition) is 2. The van der Waals surface area contributed by atoms with Crippen molar-refractivity contribution >= 4 is 22.6 Å². The Morgan fingerprint density at radius 3 is 2.32 bits per heavy atom. The van der Waals surface area contributed by atoms with E-state index >= 15 is 0 Å². The molecule has 1 spiro atoms. The largest absolute Gasteiger partial charge is 0.508 e. The summed E-state index contributed by atoms with van der Waals surface area (Å²) in [5.74, 6) is -0.0340. The highest BCUT2D eigenvalue weighted by Crippen LogP contribution is 2.59. The number of ether oxygens (including phenoxy) is 2. The van der Waals surface area contributed by atoms with Crippen LogP contribution >= 0.6 is 0 Å². The summed E-state index contributed by atoms with van der Waals surface area (Å²) in [5.41, 5.74) is 2.17. The van der Waals surface area contributed by atoms with Gasteiger partial charge in [-0.2, -0.15) is 0 Å². The maximum atomic E-state index is 13.4. The van der Waals surface area contributed by atoms with Gasteiger partial charge in [-0.25, -0.2) is 9.59 Å². The normalized spacial score (nSPS) is 16.6. The molecule has 0 saturated heterocycles. The van der Waals surface area contributed by atoms with E-state index < -0.39 is 17.2 Å². The molecule has 2 aliphatic rings. The zero-order chi connectivity index (χ0) is 28.5. The minimum absolute atomic E-state index is 0.0200. The molecular formula is C33H25NO7. The second-order valence-corrected chi connectivity index (χ2v) is 10.1. The molecule has 1 atom stereocenters. The predicted octanol–water partition coefficient (Wildman–Crippen LogP) is 6.29. The molecule has 8 nitrogen and oxygen atoms in total. The highest BCUT2D eigenvalue weighted by molar-refractivity contribution is 6.01. The van der Waals surface area contributed by atoms with E-state index in [1.165, 1.54) is 18.2 Å². The number of aromatic hydroxyl groups is 2. The standard InChI is InChI=1S/C33H25NO7/c1-3-34(4-2)26-17-22-20(9-7-11-27(22)40-32(26)38)23-14-19(36)16-29-30(23)33(25-13-12-18(35)15-28(25)39-29)24-10-6-5-8-21(24)31(37)41-33/h5-17,35-36H,3-4H2,1-2H3. The van der Waals surface area contributed by atoms with Crippen LogP contribution in [-0.2, 0) is 10.3 Å². The summed E-state index contributed by atoms with van der Waals surface area (Å²) in [4.78, 5) is 28.2. The van der Waals surface area contributed by atoms with Gasteiger partial charge in [0.2, 0.25) is 0 Å². The quantitative estimate of drug-likeness (QED) is 0.200. The first kappa shape index (κ1) is 24.8. The Bertz CT molecular complexity index is 1960. The molecule has 4 aromatic carbocycles. The van der Waals surface area contributed by atoms with Crippen LogP contribution in [0.15, 0.2) is 88.1 Å². The number of anilines is 1. The third-order valence-electron chi connectivity index (χ3n) is 7.93. The number of carbonyl (C=O) groups excluding carboxylic acids is 1. The van der Waals surface area contributed by atoms with Crippen molar-refractivity contribution in [2.24, 2.45) is 0 Å². The molecule has 0 saturated carbocycles. The SMILES string of the molecule is CCN(CC)c1cc2c(-c3cc(O)cc4c3C3(OC(=O)c5ccccc53)c3ccc(O)cc3O4)cccc2oc1=O. The van der Waals surface area contributed by atoms with Gasteiger partial charge in [0.05, 0.1) is 11.1 Å². The summed E-state index contributed by atoms with van der Waals surface area (Å²) >= 11 is 0. The number of fused-ring (bicyclic) bond motifs is 7. The Kier molecular flexibility index (Phi) is 5.37. The lowest BCUT2D eigenvalue weighted by Gasteiger charge is -2.38. The Balaban J connectivity index is 1.60. The van der Waals surface area contributed by atoms with Gasteiger partial charge in [-0.05, 0) is 61.4 Å². The van der Waals surface area contributed by atoms with Gasteiger partial charge in [-0.3, -0.25) is 0 Å². The summed E-state index contributed by atoms with van der Waals surface area (Å²) in [6.07, 6.45) is 0. The van der Waals surface area contributed by atoms with E-state index in [0.29, 0.717) is 68.9 Å². The third kappa shape index (κ3) is 3.47. The fourth-order valence-electron chi connectivity index (χ4n) is 6.15. The van der Waals surface area contributed by atoms with Crippen molar-refractivity contribution in [3.8, 4) is 34.1 Å². The summed E-state index contributed by atoms with van der Waals surface area (Å²) < 4.78 is 18.4. The Labute approximate surface area is 234 Å². The van der Waals surface area contributed by atoms with Crippen LogP contribution in [0.2, 0.25) is 0 Å². The Hall–Kier alpha value is -5.24. The number of phenols is 2. The molecule has 3 heterocycles. The molecule has 1 aromatic heterocycles. The molecule has 0 radical (unpaired) electrons. The molecule has 7 rings (SSSR count). The van der Waals surface area contributed by atoms with E-state index in [9.17, 15) is 19.8 Å². The maximum absolute atomic E-state index is 13.4. The van der Waals surface area contributed by atoms with Crippen molar-refractivity contribution in [3.63, 3.8) is 0 Å². The van der Waals surface area contributed by atoms with Crippen LogP contribution in [0.5, 0.6) is 23.0 Å². The summed E-state index contributed by atoms with van der Waals surface area (Å²) in [7, 11) is 0. The lowest BCUT2D eigenvalue weighted by molar-refractivity contribution is 0.0226. The van der Waals surface area contributed by atoms with Crippen LogP contribution in [-0.4, -0.2) is 29.3 Å². The molecule has 41 heavy (non-hydrogen) atoms. The molecule has 204 valence electrons. The highest BCUT2D eigenvalue weighted by atomic mass is 16.6. The number of benzene rings is 4.